The van der Waals surface area contributed by atoms with Crippen LogP contribution in [0.4, 0.5) is 22.4 Å². The molecule has 2 aliphatic rings. The number of rotatable bonds is 3. The van der Waals surface area contributed by atoms with Crippen LogP contribution in [0.25, 0.3) is 0 Å². The molecule has 1 fully saturated rings. The van der Waals surface area contributed by atoms with Crippen LogP contribution >= 0.6 is 0 Å². The molecule has 2 aromatic rings. The van der Waals surface area contributed by atoms with Crippen molar-refractivity contribution in [2.24, 2.45) is 0 Å². The summed E-state index contributed by atoms with van der Waals surface area (Å²) in [6, 6.07) is 5.43. The Hall–Kier alpha value is -3.43. The van der Waals surface area contributed by atoms with Gasteiger partial charge < -0.3 is 9.64 Å². The third kappa shape index (κ3) is 4.12. The van der Waals surface area contributed by atoms with Gasteiger partial charge in [0.15, 0.2) is 23.3 Å². The van der Waals surface area contributed by atoms with Crippen molar-refractivity contribution in [3.8, 4) is 0 Å². The zero-order chi connectivity index (χ0) is 24.9. The summed E-state index contributed by atoms with van der Waals surface area (Å²) in [5.74, 6) is -8.46. The van der Waals surface area contributed by atoms with E-state index in [0.717, 1.165) is 9.80 Å². The molecule has 3 amide bonds. The van der Waals surface area contributed by atoms with Gasteiger partial charge >= 0.3 is 6.09 Å². The summed E-state index contributed by atoms with van der Waals surface area (Å²) in [6.45, 7) is 4.28. The van der Waals surface area contributed by atoms with Crippen molar-refractivity contribution in [3.05, 3.63) is 70.3 Å². The molecular weight excluding hydrogens is 456 g/mol. The van der Waals surface area contributed by atoms with Gasteiger partial charge in [0.2, 0.25) is 0 Å². The van der Waals surface area contributed by atoms with Crippen LogP contribution in [0.15, 0.2) is 30.3 Å². The quantitative estimate of drug-likeness (QED) is 0.367. The highest BCUT2D eigenvalue weighted by Crippen LogP contribution is 2.38. The van der Waals surface area contributed by atoms with Crippen molar-refractivity contribution < 1.29 is 36.7 Å². The van der Waals surface area contributed by atoms with Crippen LogP contribution < -0.4 is 0 Å². The molecule has 34 heavy (non-hydrogen) atoms. The number of imide groups is 1. The lowest BCUT2D eigenvalue weighted by Crippen LogP contribution is -2.46. The van der Waals surface area contributed by atoms with Gasteiger partial charge in [-0.3, -0.25) is 14.5 Å². The van der Waals surface area contributed by atoms with E-state index in [2.05, 4.69) is 0 Å². The molecule has 1 unspecified atom stereocenters. The largest absolute Gasteiger partial charge is 0.444 e. The van der Waals surface area contributed by atoms with Crippen LogP contribution in [0, 0.1) is 23.3 Å². The van der Waals surface area contributed by atoms with Gasteiger partial charge in [-0.25, -0.2) is 22.4 Å². The van der Waals surface area contributed by atoms with Crippen LogP contribution in [0.3, 0.4) is 0 Å². The fourth-order valence-electron chi connectivity index (χ4n) is 4.41. The number of ether oxygens (including phenoxy) is 1. The maximum Gasteiger partial charge on any atom is 0.410 e. The maximum atomic E-state index is 14.5. The van der Waals surface area contributed by atoms with Crippen molar-refractivity contribution in [2.45, 2.75) is 44.8 Å². The Labute approximate surface area is 193 Å². The third-order valence-electron chi connectivity index (χ3n) is 5.87. The SMILES string of the molecule is CC(C)(C)OC(=O)N1C[C@@H](c2c(F)c(F)cc(F)c2F)CC1CN1C(=O)c2ccccc2C1=O. The highest BCUT2D eigenvalue weighted by atomic mass is 19.2. The van der Waals surface area contributed by atoms with Gasteiger partial charge in [0.1, 0.15) is 5.60 Å². The van der Waals surface area contributed by atoms with Crippen LogP contribution in [0.2, 0.25) is 0 Å². The molecule has 0 saturated carbocycles. The van der Waals surface area contributed by atoms with E-state index in [-0.39, 0.29) is 36.7 Å². The van der Waals surface area contributed by atoms with E-state index in [1.807, 2.05) is 0 Å². The molecule has 6 nitrogen and oxygen atoms in total. The van der Waals surface area contributed by atoms with Crippen molar-refractivity contribution in [2.75, 3.05) is 13.1 Å². The molecule has 0 aliphatic carbocycles. The molecule has 4 rings (SSSR count). The van der Waals surface area contributed by atoms with Gasteiger partial charge in [-0.1, -0.05) is 12.1 Å². The first-order valence-electron chi connectivity index (χ1n) is 10.7. The number of hydrogen-bond donors (Lipinski definition) is 0. The van der Waals surface area contributed by atoms with Crippen LogP contribution in [0.5, 0.6) is 0 Å². The van der Waals surface area contributed by atoms with E-state index in [0.29, 0.717) is 0 Å². The number of hydrogen-bond acceptors (Lipinski definition) is 4. The average Bonchev–Trinajstić information content (AvgIpc) is 3.27. The van der Waals surface area contributed by atoms with Crippen LogP contribution in [0.1, 0.15) is 59.4 Å². The summed E-state index contributed by atoms with van der Waals surface area (Å²) in [4.78, 5) is 40.6. The Morgan fingerprint density at radius 2 is 1.53 bits per heavy atom. The number of nitrogens with zero attached hydrogens (tertiary/aromatic N) is 2. The Bertz CT molecular complexity index is 1130. The molecule has 0 aromatic heterocycles. The Kier molecular flexibility index (Phi) is 5.87. The minimum Gasteiger partial charge on any atom is -0.444 e. The number of carbonyl (C=O) groups is 3. The number of likely N-dealkylation sites (tertiary alicyclic amines) is 1. The molecule has 180 valence electrons. The summed E-state index contributed by atoms with van der Waals surface area (Å²) in [5, 5.41) is 0. The molecule has 2 heterocycles. The minimum atomic E-state index is -1.55. The summed E-state index contributed by atoms with van der Waals surface area (Å²) in [7, 11) is 0. The fourth-order valence-corrected chi connectivity index (χ4v) is 4.41. The zero-order valence-electron chi connectivity index (χ0n) is 18.7. The van der Waals surface area contributed by atoms with Gasteiger partial charge in [-0.05, 0) is 39.3 Å². The smallest absolute Gasteiger partial charge is 0.410 e. The standard InChI is InChI=1S/C24H22F4N2O4/c1-24(2,3)34-23(33)29-10-12(18-19(27)16(25)9-17(26)20(18)28)8-13(29)11-30-21(31)14-6-4-5-7-15(14)22(30)32/h4-7,9,12-13H,8,10-11H2,1-3H3/t12-,13?/m0/s1. The van der Waals surface area contributed by atoms with Crippen molar-refractivity contribution >= 4 is 17.9 Å². The van der Waals surface area contributed by atoms with E-state index in [1.54, 1.807) is 32.9 Å². The van der Waals surface area contributed by atoms with Gasteiger partial charge in [0.25, 0.3) is 11.8 Å². The number of carbonyl (C=O) groups excluding carboxylic acids is 3. The lowest BCUT2D eigenvalue weighted by atomic mass is 9.94. The maximum absolute atomic E-state index is 14.5. The molecule has 2 aliphatic heterocycles. The Balaban J connectivity index is 1.67. The predicted octanol–water partition coefficient (Wildman–Crippen LogP) is 4.63. The van der Waals surface area contributed by atoms with Crippen molar-refractivity contribution in [3.63, 3.8) is 0 Å². The van der Waals surface area contributed by atoms with E-state index < -0.39 is 64.3 Å². The lowest BCUT2D eigenvalue weighted by Gasteiger charge is -2.30. The van der Waals surface area contributed by atoms with Gasteiger partial charge in [-0.2, -0.15) is 0 Å². The van der Waals surface area contributed by atoms with E-state index in [1.165, 1.54) is 12.1 Å². The first-order valence-corrected chi connectivity index (χ1v) is 10.7. The zero-order valence-corrected chi connectivity index (χ0v) is 18.7. The Morgan fingerprint density at radius 1 is 1.00 bits per heavy atom. The molecule has 0 bridgehead atoms. The number of amides is 3. The second-order valence-electron chi connectivity index (χ2n) is 9.37. The molecule has 0 spiro atoms. The van der Waals surface area contributed by atoms with Gasteiger partial charge in [-0.15, -0.1) is 0 Å². The summed E-state index contributed by atoms with van der Waals surface area (Å²) in [6.07, 6.45) is -0.988. The monoisotopic (exact) mass is 478 g/mol. The number of fused-ring (bicyclic) bond motifs is 1. The Morgan fingerprint density at radius 3 is 2.03 bits per heavy atom. The average molecular weight is 478 g/mol. The van der Waals surface area contributed by atoms with E-state index in [9.17, 15) is 31.9 Å². The van der Waals surface area contributed by atoms with E-state index in [4.69, 9.17) is 4.74 Å². The number of halogens is 4. The van der Waals surface area contributed by atoms with E-state index >= 15 is 0 Å². The molecule has 2 atom stereocenters. The highest BCUT2D eigenvalue weighted by molar-refractivity contribution is 6.21. The highest BCUT2D eigenvalue weighted by Gasteiger charge is 2.45. The predicted molar refractivity (Wildman–Crippen MR) is 112 cm³/mol. The number of benzene rings is 2. The molecule has 0 radical (unpaired) electrons. The van der Waals surface area contributed by atoms with Gasteiger partial charge in [0, 0.05) is 30.6 Å². The molecule has 10 heteroatoms. The normalized spacial score (nSPS) is 20.2. The van der Waals surface area contributed by atoms with Crippen molar-refractivity contribution in [1.82, 2.24) is 9.80 Å². The summed E-state index contributed by atoms with van der Waals surface area (Å²) in [5.41, 5.74) is -1.32. The lowest BCUT2D eigenvalue weighted by molar-refractivity contribution is 0.0189. The van der Waals surface area contributed by atoms with Crippen LogP contribution in [-0.4, -0.2) is 52.4 Å². The molecule has 0 N–H and O–H groups in total. The second kappa shape index (κ2) is 8.41. The second-order valence-corrected chi connectivity index (χ2v) is 9.37. The third-order valence-corrected chi connectivity index (χ3v) is 5.87. The first-order chi connectivity index (χ1) is 15.9. The fraction of sp³-hybridized carbons (Fsp3) is 0.375. The van der Waals surface area contributed by atoms with Crippen LogP contribution in [-0.2, 0) is 4.74 Å². The minimum absolute atomic E-state index is 0.116. The van der Waals surface area contributed by atoms with Gasteiger partial charge in [0.05, 0.1) is 17.2 Å². The molecule has 1 saturated heterocycles. The summed E-state index contributed by atoms with van der Waals surface area (Å²) < 4.78 is 62.1. The van der Waals surface area contributed by atoms with Crippen molar-refractivity contribution in [1.29, 1.82) is 0 Å². The topological polar surface area (TPSA) is 66.9 Å². The summed E-state index contributed by atoms with van der Waals surface area (Å²) >= 11 is 0. The molecule has 2 aromatic carbocycles. The first kappa shape index (κ1) is 23.7. The molecular formula is C24H22F4N2O4.